The van der Waals surface area contributed by atoms with Gasteiger partial charge in [-0.15, -0.1) is 0 Å². The number of hydrogen-bond donors (Lipinski definition) is 1. The number of unbranched alkanes of at least 4 members (excludes halogenated alkanes) is 2. The van der Waals surface area contributed by atoms with Crippen LogP contribution in [0.1, 0.15) is 51.4 Å². The fourth-order valence-corrected chi connectivity index (χ4v) is 4.32. The number of likely N-dealkylation sites (tertiary alicyclic amines) is 2. The third kappa shape index (κ3) is 4.65. The maximum absolute atomic E-state index is 12.9. The molecular formula is C20H27N3O6. The number of carbonyl (C=O) groups excluding carboxylic acids is 4. The molecule has 0 aromatic heterocycles. The van der Waals surface area contributed by atoms with E-state index in [4.69, 9.17) is 0 Å². The van der Waals surface area contributed by atoms with Gasteiger partial charge >= 0.3 is 5.97 Å². The lowest BCUT2D eigenvalue weighted by molar-refractivity contribution is -0.151. The van der Waals surface area contributed by atoms with E-state index in [1.54, 1.807) is 4.90 Å². The van der Waals surface area contributed by atoms with Gasteiger partial charge in [-0.25, -0.2) is 4.79 Å². The highest BCUT2D eigenvalue weighted by molar-refractivity contribution is 6.12. The molecule has 3 aliphatic rings. The molecule has 2 saturated heterocycles. The Morgan fingerprint density at radius 2 is 1.52 bits per heavy atom. The summed E-state index contributed by atoms with van der Waals surface area (Å²) in [5, 5.41) is 9.30. The van der Waals surface area contributed by atoms with Crippen LogP contribution in [0.4, 0.5) is 0 Å². The van der Waals surface area contributed by atoms with Gasteiger partial charge in [-0.2, -0.15) is 0 Å². The highest BCUT2D eigenvalue weighted by Crippen LogP contribution is 2.25. The third-order valence-electron chi connectivity index (χ3n) is 5.85. The number of carboxylic acid groups (broad SMARTS) is 1. The summed E-state index contributed by atoms with van der Waals surface area (Å²) in [6, 6.07) is -1.35. The molecule has 0 saturated carbocycles. The van der Waals surface area contributed by atoms with Crippen LogP contribution in [0.5, 0.6) is 0 Å². The lowest BCUT2D eigenvalue weighted by atomic mass is 10.1. The third-order valence-corrected chi connectivity index (χ3v) is 5.85. The highest BCUT2D eigenvalue weighted by atomic mass is 16.4. The average molecular weight is 405 g/mol. The van der Waals surface area contributed by atoms with E-state index in [-0.39, 0.29) is 23.6 Å². The smallest absolute Gasteiger partial charge is 0.326 e. The number of carboxylic acids is 1. The van der Waals surface area contributed by atoms with E-state index in [9.17, 15) is 29.1 Å². The maximum atomic E-state index is 12.9. The molecule has 4 amide bonds. The molecule has 0 unspecified atom stereocenters. The van der Waals surface area contributed by atoms with Crippen molar-refractivity contribution in [1.29, 1.82) is 0 Å². The van der Waals surface area contributed by atoms with Crippen molar-refractivity contribution in [2.24, 2.45) is 0 Å². The zero-order valence-corrected chi connectivity index (χ0v) is 16.4. The fourth-order valence-electron chi connectivity index (χ4n) is 4.32. The van der Waals surface area contributed by atoms with Crippen molar-refractivity contribution in [3.05, 3.63) is 12.2 Å². The second kappa shape index (κ2) is 9.19. The average Bonchev–Trinajstić information content (AvgIpc) is 3.42. The van der Waals surface area contributed by atoms with E-state index in [0.717, 1.165) is 6.42 Å². The molecule has 9 nitrogen and oxygen atoms in total. The molecule has 158 valence electrons. The van der Waals surface area contributed by atoms with Crippen molar-refractivity contribution in [3.63, 3.8) is 0 Å². The van der Waals surface area contributed by atoms with Crippen molar-refractivity contribution in [2.45, 2.75) is 63.5 Å². The Hall–Kier alpha value is -2.71. The molecule has 3 rings (SSSR count). The van der Waals surface area contributed by atoms with Gasteiger partial charge in [-0.05, 0) is 38.5 Å². The van der Waals surface area contributed by atoms with Crippen molar-refractivity contribution < 1.29 is 29.1 Å². The number of nitrogens with zero attached hydrogens (tertiary/aromatic N) is 3. The minimum atomic E-state index is -0.989. The molecule has 0 radical (unpaired) electrons. The van der Waals surface area contributed by atoms with Crippen LogP contribution >= 0.6 is 0 Å². The van der Waals surface area contributed by atoms with Crippen LogP contribution in [0.15, 0.2) is 12.2 Å². The van der Waals surface area contributed by atoms with E-state index in [2.05, 4.69) is 0 Å². The summed E-state index contributed by atoms with van der Waals surface area (Å²) in [6.07, 6.45) is 7.18. The van der Waals surface area contributed by atoms with Gasteiger partial charge in [0.25, 0.3) is 11.8 Å². The van der Waals surface area contributed by atoms with Crippen LogP contribution in [0.3, 0.4) is 0 Å². The second-order valence-corrected chi connectivity index (χ2v) is 7.75. The monoisotopic (exact) mass is 405 g/mol. The van der Waals surface area contributed by atoms with Crippen LogP contribution < -0.4 is 0 Å². The van der Waals surface area contributed by atoms with Gasteiger partial charge in [0.15, 0.2) is 0 Å². The second-order valence-electron chi connectivity index (χ2n) is 7.75. The zero-order valence-electron chi connectivity index (χ0n) is 16.4. The molecule has 0 spiro atoms. The molecule has 0 aromatic rings. The highest BCUT2D eigenvalue weighted by Gasteiger charge is 2.41. The van der Waals surface area contributed by atoms with Crippen molar-refractivity contribution in [3.8, 4) is 0 Å². The molecule has 3 aliphatic heterocycles. The number of aliphatic carboxylic acids is 1. The van der Waals surface area contributed by atoms with E-state index in [1.807, 2.05) is 0 Å². The maximum Gasteiger partial charge on any atom is 0.326 e. The molecule has 2 atom stereocenters. The van der Waals surface area contributed by atoms with Crippen LogP contribution in [0.2, 0.25) is 0 Å². The Morgan fingerprint density at radius 1 is 0.897 bits per heavy atom. The van der Waals surface area contributed by atoms with Gasteiger partial charge in [0, 0.05) is 38.2 Å². The number of carbonyl (C=O) groups is 5. The SMILES string of the molecule is O=C(O)[C@@H]1CCCN1C(=O)[C@@H]1CCCN1C(=O)CCCCCN1C(=O)C=CC1=O. The Morgan fingerprint density at radius 3 is 2.17 bits per heavy atom. The fraction of sp³-hybridized carbons (Fsp3) is 0.650. The Kier molecular flexibility index (Phi) is 6.66. The molecule has 2 fully saturated rings. The molecule has 0 aromatic carbocycles. The topological polar surface area (TPSA) is 115 Å². The number of hydrogen-bond acceptors (Lipinski definition) is 5. The summed E-state index contributed by atoms with van der Waals surface area (Å²) >= 11 is 0. The van der Waals surface area contributed by atoms with E-state index in [1.165, 1.54) is 22.0 Å². The first-order valence-corrected chi connectivity index (χ1v) is 10.3. The lowest BCUT2D eigenvalue weighted by Crippen LogP contribution is -2.50. The molecule has 9 heteroatoms. The van der Waals surface area contributed by atoms with Gasteiger partial charge in [-0.1, -0.05) is 6.42 Å². The molecule has 29 heavy (non-hydrogen) atoms. The molecule has 1 N–H and O–H groups in total. The molecule has 3 heterocycles. The summed E-state index contributed by atoms with van der Waals surface area (Å²) < 4.78 is 0. The Labute approximate surface area is 169 Å². The van der Waals surface area contributed by atoms with Gasteiger partial charge in [0.05, 0.1) is 0 Å². The number of amides is 4. The molecular weight excluding hydrogens is 378 g/mol. The quantitative estimate of drug-likeness (QED) is 0.465. The van der Waals surface area contributed by atoms with Gasteiger partial charge in [0.1, 0.15) is 12.1 Å². The standard InChI is InChI=1S/C20H27N3O6/c24-16(8-2-1-3-11-23-17(25)9-10-18(23)26)21-12-4-6-14(21)19(27)22-13-5-7-15(22)20(28)29/h9-10,14-15H,1-8,11-13H2,(H,28,29)/t14-,15-/m0/s1. The van der Waals surface area contributed by atoms with E-state index < -0.39 is 18.1 Å². The number of rotatable bonds is 8. The predicted octanol–water partition coefficient (Wildman–Crippen LogP) is 0.538. The molecule has 0 aliphatic carbocycles. The van der Waals surface area contributed by atoms with Crippen LogP contribution in [0.25, 0.3) is 0 Å². The Bertz CT molecular complexity index is 716. The summed E-state index contributed by atoms with van der Waals surface area (Å²) in [4.78, 5) is 64.0. The van der Waals surface area contributed by atoms with E-state index >= 15 is 0 Å². The van der Waals surface area contributed by atoms with Gasteiger partial charge < -0.3 is 14.9 Å². The number of imide groups is 1. The Balaban J connectivity index is 1.44. The first-order chi connectivity index (χ1) is 13.9. The largest absolute Gasteiger partial charge is 0.480 e. The van der Waals surface area contributed by atoms with Gasteiger partial charge in [0.2, 0.25) is 11.8 Å². The predicted molar refractivity (Wildman–Crippen MR) is 101 cm³/mol. The van der Waals surface area contributed by atoms with Crippen molar-refractivity contribution in [2.75, 3.05) is 19.6 Å². The van der Waals surface area contributed by atoms with Crippen LogP contribution in [-0.4, -0.2) is 81.1 Å². The van der Waals surface area contributed by atoms with Crippen molar-refractivity contribution >= 4 is 29.6 Å². The minimum Gasteiger partial charge on any atom is -0.480 e. The minimum absolute atomic E-state index is 0.0955. The van der Waals surface area contributed by atoms with Crippen molar-refractivity contribution in [1.82, 2.24) is 14.7 Å². The lowest BCUT2D eigenvalue weighted by Gasteiger charge is -2.30. The molecule has 0 bridgehead atoms. The summed E-state index contributed by atoms with van der Waals surface area (Å²) in [6.45, 7) is 1.29. The van der Waals surface area contributed by atoms with Gasteiger partial charge in [-0.3, -0.25) is 24.1 Å². The first kappa shape index (κ1) is 21.0. The van der Waals surface area contributed by atoms with Crippen LogP contribution in [-0.2, 0) is 24.0 Å². The van der Waals surface area contributed by atoms with E-state index in [0.29, 0.717) is 64.6 Å². The zero-order chi connectivity index (χ0) is 21.0. The van der Waals surface area contributed by atoms with Crippen LogP contribution in [0, 0.1) is 0 Å². The summed E-state index contributed by atoms with van der Waals surface area (Å²) in [5.74, 6) is -1.93. The normalized spacial score (nSPS) is 24.1. The first-order valence-electron chi connectivity index (χ1n) is 10.3. The summed E-state index contributed by atoms with van der Waals surface area (Å²) in [7, 11) is 0. The summed E-state index contributed by atoms with van der Waals surface area (Å²) in [5.41, 5.74) is 0.